The van der Waals surface area contributed by atoms with Gasteiger partial charge in [-0.15, -0.1) is 0 Å². The highest BCUT2D eigenvalue weighted by atomic mass is 16.2. The Morgan fingerprint density at radius 3 is 2.94 bits per heavy atom. The van der Waals surface area contributed by atoms with Gasteiger partial charge in [0.05, 0.1) is 5.92 Å². The molecule has 2 aliphatic rings. The number of amides is 2. The van der Waals surface area contributed by atoms with E-state index >= 15 is 0 Å². The quantitative estimate of drug-likeness (QED) is 0.752. The summed E-state index contributed by atoms with van der Waals surface area (Å²) >= 11 is 0. The van der Waals surface area contributed by atoms with Crippen LogP contribution < -0.4 is 5.32 Å². The maximum atomic E-state index is 11.8. The first kappa shape index (κ1) is 11.1. The number of carbonyl (C=O) groups excluding carboxylic acids is 2. The summed E-state index contributed by atoms with van der Waals surface area (Å²) in [5, 5.41) is 2.40. The molecule has 92 valence electrons. The first-order valence-electron chi connectivity index (χ1n) is 6.20. The second-order valence-electron chi connectivity index (χ2n) is 4.75. The van der Waals surface area contributed by atoms with Gasteiger partial charge in [-0.2, -0.15) is 0 Å². The molecule has 18 heavy (non-hydrogen) atoms. The number of nitrogens with zero attached hydrogens (tertiary/aromatic N) is 1. The highest BCUT2D eigenvalue weighted by Gasteiger charge is 2.28. The molecule has 1 atom stereocenters. The third-order valence-corrected chi connectivity index (χ3v) is 3.55. The summed E-state index contributed by atoms with van der Waals surface area (Å²) in [4.78, 5) is 27.2. The maximum Gasteiger partial charge on any atom is 0.234 e. The van der Waals surface area contributed by atoms with Crippen LogP contribution in [0.25, 0.3) is 0 Å². The number of hydrogen-bond acceptors (Lipinski definition) is 3. The lowest BCUT2D eigenvalue weighted by Gasteiger charge is -2.22. The molecule has 1 saturated heterocycles. The molecule has 2 amide bonds. The Balaban J connectivity index is 1.91. The predicted molar refractivity (Wildman–Crippen MR) is 67.7 cm³/mol. The van der Waals surface area contributed by atoms with Crippen molar-refractivity contribution in [2.45, 2.75) is 25.2 Å². The van der Waals surface area contributed by atoms with Gasteiger partial charge in [-0.05, 0) is 29.5 Å². The molecule has 0 spiro atoms. The molecule has 0 unspecified atom stereocenters. The number of carbonyl (C=O) groups is 2. The van der Waals surface area contributed by atoms with Crippen LogP contribution in [0.3, 0.4) is 0 Å². The number of hydrogen-bond donors (Lipinski definition) is 1. The van der Waals surface area contributed by atoms with Gasteiger partial charge >= 0.3 is 0 Å². The molecule has 0 aromatic heterocycles. The van der Waals surface area contributed by atoms with E-state index in [0.717, 1.165) is 24.1 Å². The van der Waals surface area contributed by atoms with Gasteiger partial charge < -0.3 is 0 Å². The zero-order chi connectivity index (χ0) is 12.5. The Bertz CT molecular complexity index is 549. The molecule has 1 fully saturated rings. The minimum atomic E-state index is -0.188. The Morgan fingerprint density at radius 2 is 2.11 bits per heavy atom. The van der Waals surface area contributed by atoms with E-state index in [1.54, 1.807) is 0 Å². The van der Waals surface area contributed by atoms with Gasteiger partial charge in [-0.3, -0.25) is 19.9 Å². The molecule has 2 heterocycles. The number of piperidine rings is 1. The smallest absolute Gasteiger partial charge is 0.234 e. The van der Waals surface area contributed by atoms with Gasteiger partial charge in [0.25, 0.3) is 0 Å². The second-order valence-corrected chi connectivity index (χ2v) is 4.75. The fourth-order valence-electron chi connectivity index (χ4n) is 2.54. The van der Waals surface area contributed by atoms with E-state index in [9.17, 15) is 9.59 Å². The molecular formula is C14H14N2O2. The lowest BCUT2D eigenvalue weighted by molar-refractivity contribution is -0.134. The van der Waals surface area contributed by atoms with E-state index in [4.69, 9.17) is 0 Å². The first-order valence-corrected chi connectivity index (χ1v) is 6.20. The molecule has 0 bridgehead atoms. The Labute approximate surface area is 105 Å². The Kier molecular flexibility index (Phi) is 2.70. The number of fused-ring (bicyclic) bond motifs is 1. The summed E-state index contributed by atoms with van der Waals surface area (Å²) in [7, 11) is 0. The highest BCUT2D eigenvalue weighted by molar-refractivity contribution is 6.01. The van der Waals surface area contributed by atoms with Crippen molar-refractivity contribution in [2.24, 2.45) is 4.99 Å². The fraction of sp³-hybridized carbons (Fsp3) is 0.357. The van der Waals surface area contributed by atoms with E-state index in [1.165, 1.54) is 5.56 Å². The molecule has 0 aliphatic carbocycles. The molecular weight excluding hydrogens is 228 g/mol. The Morgan fingerprint density at radius 1 is 1.22 bits per heavy atom. The molecule has 1 N–H and O–H groups in total. The van der Waals surface area contributed by atoms with Crippen molar-refractivity contribution >= 4 is 18.0 Å². The molecule has 2 aliphatic heterocycles. The Hall–Kier alpha value is -1.97. The van der Waals surface area contributed by atoms with Crippen molar-refractivity contribution in [3.8, 4) is 0 Å². The van der Waals surface area contributed by atoms with Crippen molar-refractivity contribution in [3.63, 3.8) is 0 Å². The van der Waals surface area contributed by atoms with Gasteiger partial charge in [-0.25, -0.2) is 0 Å². The number of rotatable bonds is 1. The number of nitrogens with one attached hydrogen (secondary N) is 1. The van der Waals surface area contributed by atoms with Crippen LogP contribution in [0.4, 0.5) is 0 Å². The van der Waals surface area contributed by atoms with E-state index in [0.29, 0.717) is 12.8 Å². The van der Waals surface area contributed by atoms with E-state index in [2.05, 4.69) is 16.4 Å². The van der Waals surface area contributed by atoms with Crippen LogP contribution in [0.2, 0.25) is 0 Å². The summed E-state index contributed by atoms with van der Waals surface area (Å²) in [5.74, 6) is -0.524. The van der Waals surface area contributed by atoms with Crippen LogP contribution in [0.5, 0.6) is 0 Å². The average molecular weight is 242 g/mol. The summed E-state index contributed by atoms with van der Waals surface area (Å²) in [6.07, 6.45) is 3.84. The van der Waals surface area contributed by atoms with Crippen molar-refractivity contribution in [1.82, 2.24) is 5.32 Å². The highest BCUT2D eigenvalue weighted by Crippen LogP contribution is 2.27. The van der Waals surface area contributed by atoms with Gasteiger partial charge in [0.2, 0.25) is 11.8 Å². The van der Waals surface area contributed by atoms with Gasteiger partial charge in [-0.1, -0.05) is 18.2 Å². The van der Waals surface area contributed by atoms with E-state index in [-0.39, 0.29) is 17.7 Å². The van der Waals surface area contributed by atoms with E-state index < -0.39 is 0 Å². The summed E-state index contributed by atoms with van der Waals surface area (Å²) in [6, 6.07) is 6.06. The van der Waals surface area contributed by atoms with Crippen LogP contribution in [0.1, 0.15) is 35.4 Å². The predicted octanol–water partition coefficient (Wildman–Crippen LogP) is 1.18. The third-order valence-electron chi connectivity index (χ3n) is 3.55. The van der Waals surface area contributed by atoms with Crippen molar-refractivity contribution < 1.29 is 9.59 Å². The van der Waals surface area contributed by atoms with Gasteiger partial charge in [0.15, 0.2) is 0 Å². The van der Waals surface area contributed by atoms with Crippen LogP contribution in [0.15, 0.2) is 23.2 Å². The van der Waals surface area contributed by atoms with Crippen LogP contribution in [0, 0.1) is 0 Å². The van der Waals surface area contributed by atoms with E-state index in [1.807, 2.05) is 18.3 Å². The molecule has 1 aromatic rings. The maximum absolute atomic E-state index is 11.8. The van der Waals surface area contributed by atoms with Crippen molar-refractivity contribution in [2.75, 3.05) is 6.54 Å². The summed E-state index contributed by atoms with van der Waals surface area (Å²) in [6.45, 7) is 0.811. The average Bonchev–Trinajstić information content (AvgIpc) is 2.38. The first-order chi connectivity index (χ1) is 8.74. The zero-order valence-corrected chi connectivity index (χ0v) is 9.98. The van der Waals surface area contributed by atoms with Gasteiger partial charge in [0.1, 0.15) is 0 Å². The number of benzene rings is 1. The molecule has 0 radical (unpaired) electrons. The molecule has 4 nitrogen and oxygen atoms in total. The van der Waals surface area contributed by atoms with Crippen molar-refractivity contribution in [1.29, 1.82) is 0 Å². The second kappa shape index (κ2) is 4.37. The lowest BCUT2D eigenvalue weighted by Crippen LogP contribution is -2.39. The number of imide groups is 1. The monoisotopic (exact) mass is 242 g/mol. The van der Waals surface area contributed by atoms with Crippen LogP contribution in [-0.4, -0.2) is 24.6 Å². The molecule has 1 aromatic carbocycles. The minimum Gasteiger partial charge on any atom is -0.296 e. The van der Waals surface area contributed by atoms with Gasteiger partial charge in [0, 0.05) is 19.2 Å². The third kappa shape index (κ3) is 1.94. The largest absolute Gasteiger partial charge is 0.296 e. The zero-order valence-electron chi connectivity index (χ0n) is 9.98. The summed E-state index contributed by atoms with van der Waals surface area (Å²) < 4.78 is 0. The lowest BCUT2D eigenvalue weighted by atomic mass is 9.88. The van der Waals surface area contributed by atoms with Crippen LogP contribution >= 0.6 is 0 Å². The molecule has 0 saturated carbocycles. The number of aliphatic imine (C=N–C) groups is 1. The van der Waals surface area contributed by atoms with Crippen LogP contribution in [-0.2, 0) is 16.0 Å². The van der Waals surface area contributed by atoms with Crippen molar-refractivity contribution in [3.05, 3.63) is 34.9 Å². The molecule has 4 heteroatoms. The topological polar surface area (TPSA) is 58.5 Å². The minimum absolute atomic E-state index is 0.165. The normalized spacial score (nSPS) is 22.6. The summed E-state index contributed by atoms with van der Waals surface area (Å²) in [5.41, 5.74) is 3.39. The molecule has 3 rings (SSSR count). The SMILES string of the molecule is O=C1CC[C@@H](c2ccc3c(c2)CCN=C3)C(=O)N1. The fourth-order valence-corrected chi connectivity index (χ4v) is 2.54. The standard InChI is InChI=1S/C14H14N2O2/c17-13-4-3-12(14(18)16-13)10-1-2-11-8-15-6-5-9(11)7-10/h1-2,7-8,12H,3-6H2,(H,16,17,18)/t12-/m0/s1.